The number of carbonyl (C=O) groups is 2. The molecule has 1 aliphatic heterocycles. The number of halogens is 1. The number of ketones is 1. The van der Waals surface area contributed by atoms with E-state index in [-0.39, 0.29) is 22.0 Å². The third kappa shape index (κ3) is 2.00. The third-order valence-electron chi connectivity index (χ3n) is 2.81. The van der Waals surface area contributed by atoms with Gasteiger partial charge in [0.05, 0.1) is 17.8 Å². The topological polar surface area (TPSA) is 153 Å². The average molecular weight is 308 g/mol. The molecule has 1 heterocycles. The number of benzene rings is 1. The van der Waals surface area contributed by atoms with Gasteiger partial charge in [-0.25, -0.2) is 0 Å². The Morgan fingerprint density at radius 3 is 2.43 bits per heavy atom. The molecule has 11 heteroatoms. The van der Waals surface area contributed by atoms with Crippen LogP contribution in [0.4, 0.5) is 5.69 Å². The Morgan fingerprint density at radius 1 is 1.29 bits per heavy atom. The SMILES string of the molecule is COc1c(Cl)ccc2c1NC(=O)C(N=[N+]=[N-])(N=[N+]=[N-])C2=O. The van der Waals surface area contributed by atoms with Crippen LogP contribution in [0.15, 0.2) is 22.4 Å². The summed E-state index contributed by atoms with van der Waals surface area (Å²) in [6.45, 7) is 0. The van der Waals surface area contributed by atoms with Crippen LogP contribution >= 0.6 is 11.6 Å². The van der Waals surface area contributed by atoms with Crippen LogP contribution in [0.5, 0.6) is 5.75 Å². The van der Waals surface area contributed by atoms with Gasteiger partial charge in [-0.3, -0.25) is 9.59 Å². The highest BCUT2D eigenvalue weighted by atomic mass is 35.5. The summed E-state index contributed by atoms with van der Waals surface area (Å²) in [5, 5.41) is 8.62. The fraction of sp³-hybridized carbons (Fsp3) is 0.200. The van der Waals surface area contributed by atoms with E-state index in [1.54, 1.807) is 0 Å². The maximum Gasteiger partial charge on any atom is 0.267 e. The number of Topliss-reactive ketones (excluding diaryl/α,β-unsaturated/α-hetero) is 1. The smallest absolute Gasteiger partial charge is 0.267 e. The van der Waals surface area contributed by atoms with E-state index in [4.69, 9.17) is 27.4 Å². The van der Waals surface area contributed by atoms with E-state index in [2.05, 4.69) is 25.4 Å². The molecule has 0 aromatic heterocycles. The summed E-state index contributed by atoms with van der Waals surface area (Å²) >= 11 is 5.90. The predicted molar refractivity (Wildman–Crippen MR) is 72.0 cm³/mol. The second kappa shape index (κ2) is 5.22. The number of anilines is 1. The molecule has 0 atom stereocenters. The number of methoxy groups -OCH3 is 1. The first-order chi connectivity index (χ1) is 10.0. The van der Waals surface area contributed by atoms with E-state index < -0.39 is 17.4 Å². The molecular formula is C10H6ClN7O3. The number of nitrogens with zero attached hydrogens (tertiary/aromatic N) is 6. The van der Waals surface area contributed by atoms with Gasteiger partial charge in [0.25, 0.3) is 11.6 Å². The van der Waals surface area contributed by atoms with E-state index in [1.165, 1.54) is 19.2 Å². The molecule has 2 rings (SSSR count). The lowest BCUT2D eigenvalue weighted by molar-refractivity contribution is -0.119. The highest BCUT2D eigenvalue weighted by Gasteiger charge is 2.50. The number of ether oxygens (including phenoxy) is 1. The molecule has 0 spiro atoms. The van der Waals surface area contributed by atoms with Crippen LogP contribution in [0, 0.1) is 0 Å². The number of azide groups is 1. The van der Waals surface area contributed by atoms with Crippen molar-refractivity contribution in [3.63, 3.8) is 0 Å². The van der Waals surface area contributed by atoms with E-state index in [9.17, 15) is 9.59 Å². The fourth-order valence-corrected chi connectivity index (χ4v) is 2.13. The van der Waals surface area contributed by atoms with Crippen LogP contribution in [0.25, 0.3) is 20.9 Å². The van der Waals surface area contributed by atoms with Crippen molar-refractivity contribution in [1.29, 1.82) is 0 Å². The first kappa shape index (κ1) is 14.5. The Hall–Kier alpha value is -2.93. The molecule has 10 nitrogen and oxygen atoms in total. The first-order valence-corrected chi connectivity index (χ1v) is 5.75. The van der Waals surface area contributed by atoms with Gasteiger partial charge in [-0.2, -0.15) is 0 Å². The van der Waals surface area contributed by atoms with E-state index in [1.807, 2.05) is 0 Å². The summed E-state index contributed by atoms with van der Waals surface area (Å²) in [4.78, 5) is 29.3. The summed E-state index contributed by atoms with van der Waals surface area (Å²) in [7, 11) is 1.31. The zero-order valence-electron chi connectivity index (χ0n) is 10.4. The van der Waals surface area contributed by atoms with E-state index >= 15 is 0 Å². The lowest BCUT2D eigenvalue weighted by atomic mass is 9.92. The zero-order chi connectivity index (χ0) is 15.6. The molecule has 1 N–H and O–H groups in total. The predicted octanol–water partition coefficient (Wildman–Crippen LogP) is 2.80. The minimum Gasteiger partial charge on any atom is -0.493 e. The van der Waals surface area contributed by atoms with Gasteiger partial charge in [0, 0.05) is 15.4 Å². The number of hydrogen-bond donors (Lipinski definition) is 1. The number of fused-ring (bicyclic) bond motifs is 1. The molecule has 0 aliphatic carbocycles. The molecular weight excluding hydrogens is 302 g/mol. The molecule has 0 saturated heterocycles. The molecule has 21 heavy (non-hydrogen) atoms. The molecule has 0 bridgehead atoms. The van der Waals surface area contributed by atoms with Crippen molar-refractivity contribution in [3.05, 3.63) is 43.6 Å². The van der Waals surface area contributed by atoms with Gasteiger partial charge in [-0.05, 0) is 23.2 Å². The second-order valence-corrected chi connectivity index (χ2v) is 4.24. The summed E-state index contributed by atoms with van der Waals surface area (Å²) in [6, 6.07) is 2.67. The molecule has 1 amide bonds. The lowest BCUT2D eigenvalue weighted by Gasteiger charge is -2.28. The summed E-state index contributed by atoms with van der Waals surface area (Å²) < 4.78 is 5.02. The van der Waals surface area contributed by atoms with Crippen LogP contribution < -0.4 is 10.1 Å². The summed E-state index contributed by atoms with van der Waals surface area (Å²) in [6.07, 6.45) is 0. The highest BCUT2D eigenvalue weighted by Crippen LogP contribution is 2.41. The Labute approximate surface area is 121 Å². The minimum absolute atomic E-state index is 0.0249. The minimum atomic E-state index is -2.55. The van der Waals surface area contributed by atoms with Crippen molar-refractivity contribution < 1.29 is 14.3 Å². The monoisotopic (exact) mass is 307 g/mol. The molecule has 1 aromatic rings. The van der Waals surface area contributed by atoms with Crippen molar-refractivity contribution in [1.82, 2.24) is 0 Å². The number of amides is 1. The molecule has 0 unspecified atom stereocenters. The Kier molecular flexibility index (Phi) is 3.60. The van der Waals surface area contributed by atoms with Crippen LogP contribution in [0.3, 0.4) is 0 Å². The fourth-order valence-electron chi connectivity index (χ4n) is 1.89. The van der Waals surface area contributed by atoms with Gasteiger partial charge in [0.2, 0.25) is 0 Å². The maximum atomic E-state index is 12.4. The largest absolute Gasteiger partial charge is 0.493 e. The Morgan fingerprint density at radius 2 is 1.90 bits per heavy atom. The zero-order valence-corrected chi connectivity index (χ0v) is 11.2. The van der Waals surface area contributed by atoms with Crippen LogP contribution in [0.2, 0.25) is 5.02 Å². The average Bonchev–Trinajstić information content (AvgIpc) is 2.45. The van der Waals surface area contributed by atoms with Gasteiger partial charge in [-0.15, -0.1) is 0 Å². The van der Waals surface area contributed by atoms with Crippen molar-refractivity contribution in [2.24, 2.45) is 10.2 Å². The third-order valence-corrected chi connectivity index (χ3v) is 3.11. The lowest BCUT2D eigenvalue weighted by Crippen LogP contribution is -2.49. The maximum absolute atomic E-state index is 12.4. The first-order valence-electron chi connectivity index (χ1n) is 5.37. The van der Waals surface area contributed by atoms with Crippen molar-refractivity contribution in [3.8, 4) is 5.75 Å². The number of nitrogens with one attached hydrogen (secondary N) is 1. The van der Waals surface area contributed by atoms with E-state index in [0.29, 0.717) is 0 Å². The number of rotatable bonds is 3. The normalized spacial score (nSPS) is 19.7. The van der Waals surface area contributed by atoms with Gasteiger partial charge < -0.3 is 10.1 Å². The molecule has 106 valence electrons. The number of hydrogen-bond acceptors (Lipinski definition) is 5. The summed E-state index contributed by atoms with van der Waals surface area (Å²) in [5.74, 6) is -1.98. The Balaban J connectivity index is 2.77. The highest BCUT2D eigenvalue weighted by molar-refractivity contribution is 6.34. The van der Waals surface area contributed by atoms with Crippen LogP contribution in [0.1, 0.15) is 10.4 Å². The van der Waals surface area contributed by atoms with Crippen molar-refractivity contribution in [2.45, 2.75) is 5.66 Å². The van der Waals surface area contributed by atoms with Crippen molar-refractivity contribution in [2.75, 3.05) is 12.4 Å². The quantitative estimate of drug-likeness (QED) is 0.395. The van der Waals surface area contributed by atoms with E-state index in [0.717, 1.165) is 0 Å². The number of carbonyl (C=O) groups excluding carboxylic acids is 2. The van der Waals surface area contributed by atoms with Gasteiger partial charge in [0.1, 0.15) is 0 Å². The second-order valence-electron chi connectivity index (χ2n) is 3.84. The summed E-state index contributed by atoms with van der Waals surface area (Å²) in [5.41, 5.74) is 14.5. The van der Waals surface area contributed by atoms with Gasteiger partial charge >= 0.3 is 0 Å². The molecule has 1 aliphatic rings. The molecule has 1 aromatic carbocycles. The van der Waals surface area contributed by atoms with Crippen LogP contribution in [-0.2, 0) is 4.79 Å². The Bertz CT molecular complexity index is 731. The molecule has 0 fully saturated rings. The molecule has 0 saturated carbocycles. The van der Waals surface area contributed by atoms with Crippen LogP contribution in [-0.4, -0.2) is 24.5 Å². The standard InChI is InChI=1S/C10H6ClN7O3/c1-21-7-5(11)3-2-4-6(7)14-9(20)10(8(4)19,15-17-12)16-18-13/h2-3H,1H3,(H,14,20). The van der Waals surface area contributed by atoms with Gasteiger partial charge in [0.15, 0.2) is 11.5 Å². The van der Waals surface area contributed by atoms with Gasteiger partial charge in [-0.1, -0.05) is 21.8 Å². The van der Waals surface area contributed by atoms with Crippen molar-refractivity contribution >= 4 is 29.0 Å². The molecule has 0 radical (unpaired) electrons.